The molecule has 0 spiro atoms. The molecule has 1 nitrogen and oxygen atoms in total. The Labute approximate surface area is 108 Å². The van der Waals surface area contributed by atoms with Gasteiger partial charge in [0.1, 0.15) is 5.82 Å². The molecule has 1 unspecified atom stereocenters. The van der Waals surface area contributed by atoms with E-state index in [1.807, 2.05) is 0 Å². The van der Waals surface area contributed by atoms with Crippen molar-refractivity contribution in [1.82, 2.24) is 5.32 Å². The number of alkyl halides is 3. The van der Waals surface area contributed by atoms with E-state index in [4.69, 9.17) is 11.6 Å². The quantitative estimate of drug-likeness (QED) is 0.807. The van der Waals surface area contributed by atoms with Crippen LogP contribution in [-0.2, 0) is 6.42 Å². The van der Waals surface area contributed by atoms with E-state index >= 15 is 0 Å². The predicted molar refractivity (Wildman–Crippen MR) is 63.3 cm³/mol. The summed E-state index contributed by atoms with van der Waals surface area (Å²) in [4.78, 5) is 0. The van der Waals surface area contributed by atoms with Gasteiger partial charge in [-0.05, 0) is 31.5 Å². The molecular weight excluding hydrogens is 270 g/mol. The van der Waals surface area contributed by atoms with Gasteiger partial charge in [-0.25, -0.2) is 4.39 Å². The highest BCUT2D eigenvalue weighted by atomic mass is 35.5. The maximum atomic E-state index is 13.2. The molecule has 6 heteroatoms. The SMILES string of the molecule is CNC(CCC(F)(F)F)Cc1cccc(F)c1Cl. The molecule has 1 aromatic rings. The first kappa shape index (κ1) is 15.2. The third kappa shape index (κ3) is 4.82. The zero-order chi connectivity index (χ0) is 13.8. The topological polar surface area (TPSA) is 12.0 Å². The highest BCUT2D eigenvalue weighted by molar-refractivity contribution is 6.31. The molecule has 0 amide bonds. The molecular formula is C12H14ClF4N. The van der Waals surface area contributed by atoms with Crippen LogP contribution in [0, 0.1) is 5.82 Å². The molecule has 1 rings (SSSR count). The summed E-state index contributed by atoms with van der Waals surface area (Å²) in [6.45, 7) is 0. The Balaban J connectivity index is 2.65. The molecule has 0 aliphatic rings. The molecule has 18 heavy (non-hydrogen) atoms. The van der Waals surface area contributed by atoms with E-state index < -0.39 is 18.4 Å². The summed E-state index contributed by atoms with van der Waals surface area (Å²) in [6, 6.07) is 3.94. The van der Waals surface area contributed by atoms with Gasteiger partial charge in [0, 0.05) is 12.5 Å². The number of hydrogen-bond donors (Lipinski definition) is 1. The highest BCUT2D eigenvalue weighted by Gasteiger charge is 2.28. The fourth-order valence-corrected chi connectivity index (χ4v) is 1.86. The molecule has 0 saturated carbocycles. The molecule has 0 fully saturated rings. The summed E-state index contributed by atoms with van der Waals surface area (Å²) >= 11 is 5.76. The van der Waals surface area contributed by atoms with Crippen molar-refractivity contribution in [3.05, 3.63) is 34.6 Å². The van der Waals surface area contributed by atoms with Gasteiger partial charge in [-0.15, -0.1) is 0 Å². The molecule has 1 N–H and O–H groups in total. The van der Waals surface area contributed by atoms with Crippen LogP contribution in [0.2, 0.25) is 5.02 Å². The number of halogens is 5. The van der Waals surface area contributed by atoms with Crippen molar-refractivity contribution in [3.8, 4) is 0 Å². The van der Waals surface area contributed by atoms with E-state index in [9.17, 15) is 17.6 Å². The van der Waals surface area contributed by atoms with Crippen molar-refractivity contribution in [3.63, 3.8) is 0 Å². The lowest BCUT2D eigenvalue weighted by molar-refractivity contribution is -0.136. The minimum absolute atomic E-state index is 0.0234. The Bertz CT molecular complexity index is 392. The van der Waals surface area contributed by atoms with Crippen molar-refractivity contribution >= 4 is 11.6 Å². The van der Waals surface area contributed by atoms with Gasteiger partial charge in [-0.2, -0.15) is 13.2 Å². The van der Waals surface area contributed by atoms with Crippen LogP contribution in [0.25, 0.3) is 0 Å². The average molecular weight is 284 g/mol. The van der Waals surface area contributed by atoms with Crippen LogP contribution in [0.4, 0.5) is 17.6 Å². The third-order valence-electron chi connectivity index (χ3n) is 2.68. The van der Waals surface area contributed by atoms with Crippen molar-refractivity contribution < 1.29 is 17.6 Å². The minimum atomic E-state index is -4.18. The number of benzene rings is 1. The first-order chi connectivity index (χ1) is 8.33. The standard InChI is InChI=1S/C12H14ClF4N/c1-18-9(5-6-12(15,16)17)7-8-3-2-4-10(14)11(8)13/h2-4,9,18H,5-7H2,1H3. The largest absolute Gasteiger partial charge is 0.389 e. The van der Waals surface area contributed by atoms with E-state index in [0.29, 0.717) is 5.56 Å². The van der Waals surface area contributed by atoms with Gasteiger partial charge in [0.2, 0.25) is 0 Å². The molecule has 0 radical (unpaired) electrons. The maximum Gasteiger partial charge on any atom is 0.389 e. The van der Waals surface area contributed by atoms with Crippen molar-refractivity contribution in [1.29, 1.82) is 0 Å². The smallest absolute Gasteiger partial charge is 0.317 e. The number of rotatable bonds is 5. The van der Waals surface area contributed by atoms with E-state index in [-0.39, 0.29) is 23.9 Å². The van der Waals surface area contributed by atoms with Crippen LogP contribution < -0.4 is 5.32 Å². The Hall–Kier alpha value is -0.810. The summed E-state index contributed by atoms with van der Waals surface area (Å²) in [6.07, 6.45) is -4.84. The highest BCUT2D eigenvalue weighted by Crippen LogP contribution is 2.25. The van der Waals surface area contributed by atoms with E-state index in [1.54, 1.807) is 13.1 Å². The second-order valence-corrected chi connectivity index (χ2v) is 4.43. The molecule has 0 bridgehead atoms. The van der Waals surface area contributed by atoms with Crippen LogP contribution in [-0.4, -0.2) is 19.3 Å². The van der Waals surface area contributed by atoms with Gasteiger partial charge in [0.15, 0.2) is 0 Å². The molecule has 0 aliphatic heterocycles. The first-order valence-electron chi connectivity index (χ1n) is 5.50. The van der Waals surface area contributed by atoms with Crippen LogP contribution in [0.3, 0.4) is 0 Å². The Morgan fingerprint density at radius 2 is 2.00 bits per heavy atom. The zero-order valence-electron chi connectivity index (χ0n) is 9.82. The average Bonchev–Trinajstić information content (AvgIpc) is 2.28. The van der Waals surface area contributed by atoms with Crippen LogP contribution >= 0.6 is 11.6 Å². The van der Waals surface area contributed by atoms with E-state index in [0.717, 1.165) is 0 Å². The Morgan fingerprint density at radius 1 is 1.33 bits per heavy atom. The summed E-state index contributed by atoms with van der Waals surface area (Å²) in [5, 5.41) is 2.77. The van der Waals surface area contributed by atoms with Crippen LogP contribution in [0.1, 0.15) is 18.4 Å². The molecule has 0 saturated heterocycles. The third-order valence-corrected chi connectivity index (χ3v) is 3.11. The lowest BCUT2D eigenvalue weighted by Crippen LogP contribution is -2.29. The summed E-state index contributed by atoms with van der Waals surface area (Å²) < 4.78 is 49.5. The lowest BCUT2D eigenvalue weighted by Gasteiger charge is -2.18. The van der Waals surface area contributed by atoms with Gasteiger partial charge in [-0.3, -0.25) is 0 Å². The van der Waals surface area contributed by atoms with Crippen molar-refractivity contribution in [2.24, 2.45) is 0 Å². The summed E-state index contributed by atoms with van der Waals surface area (Å²) in [5.74, 6) is -0.556. The van der Waals surface area contributed by atoms with Crippen LogP contribution in [0.15, 0.2) is 18.2 Å². The maximum absolute atomic E-state index is 13.2. The predicted octanol–water partition coefficient (Wildman–Crippen LogP) is 3.95. The van der Waals surface area contributed by atoms with Gasteiger partial charge < -0.3 is 5.32 Å². The number of hydrogen-bond acceptors (Lipinski definition) is 1. The second kappa shape index (κ2) is 6.38. The molecule has 102 valence electrons. The van der Waals surface area contributed by atoms with Crippen LogP contribution in [0.5, 0.6) is 0 Å². The summed E-state index contributed by atoms with van der Waals surface area (Å²) in [5.41, 5.74) is 0.512. The molecule has 1 aromatic carbocycles. The number of likely N-dealkylation sites (N-methyl/N-ethyl adjacent to an activating group) is 1. The lowest BCUT2D eigenvalue weighted by atomic mass is 10.0. The second-order valence-electron chi connectivity index (χ2n) is 4.06. The molecule has 0 aromatic heterocycles. The first-order valence-corrected chi connectivity index (χ1v) is 5.88. The van der Waals surface area contributed by atoms with Crippen molar-refractivity contribution in [2.75, 3.05) is 7.05 Å². The zero-order valence-corrected chi connectivity index (χ0v) is 10.6. The number of nitrogens with one attached hydrogen (secondary N) is 1. The van der Waals surface area contributed by atoms with Crippen molar-refractivity contribution in [2.45, 2.75) is 31.5 Å². The molecule has 1 atom stereocenters. The minimum Gasteiger partial charge on any atom is -0.317 e. The van der Waals surface area contributed by atoms with Gasteiger partial charge >= 0.3 is 6.18 Å². The Kier molecular flexibility index (Phi) is 5.41. The van der Waals surface area contributed by atoms with E-state index in [1.165, 1.54) is 12.1 Å². The normalized spacial score (nSPS) is 13.7. The Morgan fingerprint density at radius 3 is 2.56 bits per heavy atom. The molecule has 0 heterocycles. The van der Waals surface area contributed by atoms with Gasteiger partial charge in [-0.1, -0.05) is 23.7 Å². The van der Waals surface area contributed by atoms with E-state index in [2.05, 4.69) is 5.32 Å². The fraction of sp³-hybridized carbons (Fsp3) is 0.500. The van der Waals surface area contributed by atoms with Gasteiger partial charge in [0.25, 0.3) is 0 Å². The fourth-order valence-electron chi connectivity index (χ4n) is 1.66. The van der Waals surface area contributed by atoms with Gasteiger partial charge in [0.05, 0.1) is 5.02 Å². The monoisotopic (exact) mass is 283 g/mol. The molecule has 0 aliphatic carbocycles. The summed E-state index contributed by atoms with van der Waals surface area (Å²) in [7, 11) is 1.58.